The molecule has 1 aliphatic rings. The Balaban J connectivity index is 2.16. The summed E-state index contributed by atoms with van der Waals surface area (Å²) in [6, 6.07) is 1.21. The number of hydrogen-bond acceptors (Lipinski definition) is 12. The van der Waals surface area contributed by atoms with Gasteiger partial charge in [-0.1, -0.05) is 35.4 Å². The van der Waals surface area contributed by atoms with Crippen molar-refractivity contribution in [3.05, 3.63) is 33.1 Å². The lowest BCUT2D eigenvalue weighted by Crippen LogP contribution is -2.41. The molecule has 0 bridgehead atoms. The summed E-state index contributed by atoms with van der Waals surface area (Å²) in [6.07, 6.45) is 2.20. The van der Waals surface area contributed by atoms with Crippen molar-refractivity contribution in [2.75, 3.05) is 39.1 Å². The maximum absolute atomic E-state index is 13.4. The third kappa shape index (κ3) is 8.19. The molecule has 36 heavy (non-hydrogen) atoms. The fourth-order valence-corrected chi connectivity index (χ4v) is 5.56. The Morgan fingerprint density at radius 2 is 2.06 bits per heavy atom. The van der Waals surface area contributed by atoms with Crippen molar-refractivity contribution in [1.29, 1.82) is 0 Å². The second-order valence-electron chi connectivity index (χ2n) is 7.94. The number of aromatic amines is 1. The van der Waals surface area contributed by atoms with Gasteiger partial charge in [-0.05, 0) is 26.0 Å². The minimum Gasteiger partial charge on any atom is -0.465 e. The predicted octanol–water partition coefficient (Wildman–Crippen LogP) is 3.34. The molecule has 2 heterocycles. The van der Waals surface area contributed by atoms with Crippen LogP contribution >= 0.6 is 29.4 Å². The average Bonchev–Trinajstić information content (AvgIpc) is 3.26. The molecule has 12 nitrogen and oxygen atoms in total. The number of phosphoric ester groups is 1. The highest BCUT2D eigenvalue weighted by Gasteiger charge is 2.45. The Hall–Kier alpha value is -1.12. The minimum atomic E-state index is -4.15. The van der Waals surface area contributed by atoms with E-state index in [1.54, 1.807) is 13.8 Å². The number of rotatable bonds is 16. The summed E-state index contributed by atoms with van der Waals surface area (Å²) in [5.74, 6) is -0.179. The molecule has 0 saturated carbocycles. The fraction of sp³-hybridized carbons (Fsp3) is 0.762. The molecule has 0 amide bonds. The zero-order valence-corrected chi connectivity index (χ0v) is 23.7. The summed E-state index contributed by atoms with van der Waals surface area (Å²) in [6.45, 7) is 5.19. The number of nitrogens with one attached hydrogen (secondary N) is 1. The van der Waals surface area contributed by atoms with Crippen LogP contribution in [0.4, 0.5) is 0 Å². The van der Waals surface area contributed by atoms with E-state index in [1.807, 2.05) is 13.2 Å². The number of esters is 1. The van der Waals surface area contributed by atoms with E-state index in [9.17, 15) is 18.9 Å². The number of carbonyl (C=O) groups is 1. The molecule has 0 aliphatic carbocycles. The molecular weight excluding hydrogens is 535 g/mol. The summed E-state index contributed by atoms with van der Waals surface area (Å²) in [5.41, 5.74) is -2.37. The molecule has 15 heteroatoms. The Morgan fingerprint density at radius 1 is 1.31 bits per heavy atom. The monoisotopic (exact) mass is 570 g/mol. The molecule has 0 spiro atoms. The summed E-state index contributed by atoms with van der Waals surface area (Å²) in [5, 5.41) is 0. The van der Waals surface area contributed by atoms with Crippen LogP contribution in [0.5, 0.6) is 0 Å². The number of nitrogens with zero attached hydrogens (tertiary/aromatic N) is 1. The van der Waals surface area contributed by atoms with Gasteiger partial charge in [-0.3, -0.25) is 32.7 Å². The van der Waals surface area contributed by atoms with Crippen molar-refractivity contribution in [3.63, 3.8) is 0 Å². The highest BCUT2D eigenvalue weighted by Crippen LogP contribution is 2.53. The summed E-state index contributed by atoms with van der Waals surface area (Å²) < 4.78 is 48.1. The van der Waals surface area contributed by atoms with Gasteiger partial charge in [-0.15, -0.1) is 0 Å². The smallest absolute Gasteiger partial charge is 0.465 e. The van der Waals surface area contributed by atoms with Crippen molar-refractivity contribution >= 4 is 35.4 Å². The van der Waals surface area contributed by atoms with Crippen LogP contribution in [0.1, 0.15) is 46.3 Å². The molecule has 1 aromatic heterocycles. The lowest BCUT2D eigenvalue weighted by atomic mass is 9.87. The van der Waals surface area contributed by atoms with E-state index in [0.29, 0.717) is 18.8 Å². The minimum absolute atomic E-state index is 0.000925. The maximum Gasteiger partial charge on any atom is 0.474 e. The third-order valence-corrected chi connectivity index (χ3v) is 8.66. The van der Waals surface area contributed by atoms with Crippen LogP contribution in [0, 0.1) is 5.41 Å². The van der Waals surface area contributed by atoms with Gasteiger partial charge in [0, 0.05) is 25.8 Å². The van der Waals surface area contributed by atoms with Crippen LogP contribution in [0.2, 0.25) is 0 Å². The number of phosphoric acid groups is 1. The molecule has 1 fully saturated rings. The number of ether oxygens (including phenoxy) is 3. The van der Waals surface area contributed by atoms with E-state index in [2.05, 4.69) is 4.98 Å². The maximum atomic E-state index is 13.4. The molecule has 1 N–H and O–H groups in total. The third-order valence-electron chi connectivity index (χ3n) is 5.74. The van der Waals surface area contributed by atoms with Crippen LogP contribution < -0.4 is 11.2 Å². The standard InChI is InChI=1S/C21H35N2O10PS2/c1-6-15-16(11-18(32-15)23-10-9-17(24)22-20(23)26)33-34(27,28-4)31-13-21(7-2,19(25)30-8-3)12-29-14-36-35-5/h9-10,15-16,18H,6-8,11-14H2,1-5H3,(H,22,24,26)/t15-,16?,18-,21?,34?/m1/s1. The first-order valence-electron chi connectivity index (χ1n) is 11.5. The summed E-state index contributed by atoms with van der Waals surface area (Å²) in [7, 11) is 0.0420. The predicted molar refractivity (Wildman–Crippen MR) is 137 cm³/mol. The topological polar surface area (TPSA) is 144 Å². The molecular formula is C21H35N2O10PS2. The van der Waals surface area contributed by atoms with Gasteiger partial charge in [-0.25, -0.2) is 9.36 Å². The molecule has 1 aromatic rings. The van der Waals surface area contributed by atoms with Gasteiger partial charge >= 0.3 is 19.5 Å². The molecule has 0 radical (unpaired) electrons. The second kappa shape index (κ2) is 14.7. The zero-order chi connectivity index (χ0) is 26.8. The zero-order valence-electron chi connectivity index (χ0n) is 21.1. The van der Waals surface area contributed by atoms with Crippen LogP contribution in [0.3, 0.4) is 0 Å². The number of H-pyrrole nitrogens is 1. The number of carbonyl (C=O) groups excluding carboxylic acids is 1. The van der Waals surface area contributed by atoms with Gasteiger partial charge in [0.25, 0.3) is 5.56 Å². The van der Waals surface area contributed by atoms with Crippen molar-refractivity contribution in [2.24, 2.45) is 5.41 Å². The second-order valence-corrected chi connectivity index (χ2v) is 12.2. The Labute approximate surface area is 218 Å². The molecule has 206 valence electrons. The van der Waals surface area contributed by atoms with Crippen molar-refractivity contribution in [1.82, 2.24) is 9.55 Å². The Morgan fingerprint density at radius 3 is 2.64 bits per heavy atom. The van der Waals surface area contributed by atoms with Gasteiger partial charge in [0.05, 0.1) is 32.0 Å². The van der Waals surface area contributed by atoms with Gasteiger partial charge < -0.3 is 14.2 Å². The van der Waals surface area contributed by atoms with Crippen LogP contribution in [0.15, 0.2) is 21.9 Å². The first-order valence-corrected chi connectivity index (χ1v) is 15.7. The first-order chi connectivity index (χ1) is 17.2. The number of hydrogen-bond donors (Lipinski definition) is 1. The fourth-order valence-electron chi connectivity index (χ4n) is 3.60. The van der Waals surface area contributed by atoms with Crippen LogP contribution in [0.25, 0.3) is 0 Å². The molecule has 0 aromatic carbocycles. The van der Waals surface area contributed by atoms with E-state index in [1.165, 1.54) is 45.5 Å². The van der Waals surface area contributed by atoms with Crippen molar-refractivity contribution in [3.8, 4) is 0 Å². The highest BCUT2D eigenvalue weighted by atomic mass is 33.1. The molecule has 1 saturated heterocycles. The lowest BCUT2D eigenvalue weighted by Gasteiger charge is -2.31. The molecule has 2 rings (SSSR count). The van der Waals surface area contributed by atoms with E-state index in [4.69, 9.17) is 27.8 Å². The van der Waals surface area contributed by atoms with Crippen molar-refractivity contribution < 1.29 is 37.1 Å². The molecule has 5 atom stereocenters. The van der Waals surface area contributed by atoms with Gasteiger partial charge in [-0.2, -0.15) is 0 Å². The molecule has 1 aliphatic heterocycles. The lowest BCUT2D eigenvalue weighted by molar-refractivity contribution is -0.162. The largest absolute Gasteiger partial charge is 0.474 e. The summed E-state index contributed by atoms with van der Waals surface area (Å²) >= 11 is 0. The SMILES string of the molecule is CCOC(=O)C(CC)(COCSSC)COP(=O)(OC)OC1C[C@H](n2ccc(=O)[nH]c2=O)O[C@@H]1CC. The number of aromatic nitrogens is 2. The van der Waals surface area contributed by atoms with Gasteiger partial charge in [0.2, 0.25) is 0 Å². The average molecular weight is 571 g/mol. The van der Waals surface area contributed by atoms with Crippen LogP contribution in [-0.4, -0.2) is 66.9 Å². The van der Waals surface area contributed by atoms with E-state index >= 15 is 0 Å². The van der Waals surface area contributed by atoms with Gasteiger partial charge in [0.15, 0.2) is 0 Å². The van der Waals surface area contributed by atoms with E-state index in [-0.39, 0.29) is 26.2 Å². The van der Waals surface area contributed by atoms with Crippen LogP contribution in [-0.2, 0) is 37.1 Å². The quantitative estimate of drug-likeness (QED) is 0.102. The normalized spacial score (nSPS) is 23.2. The Bertz CT molecular complexity index is 1010. The van der Waals surface area contributed by atoms with Crippen molar-refractivity contribution in [2.45, 2.75) is 58.5 Å². The Kier molecular flexibility index (Phi) is 12.7. The van der Waals surface area contributed by atoms with E-state index in [0.717, 1.165) is 0 Å². The van der Waals surface area contributed by atoms with E-state index < -0.39 is 48.9 Å². The first kappa shape index (κ1) is 31.1. The molecule has 3 unspecified atom stereocenters. The highest BCUT2D eigenvalue weighted by molar-refractivity contribution is 8.76. The summed E-state index contributed by atoms with van der Waals surface area (Å²) in [4.78, 5) is 38.6. The van der Waals surface area contributed by atoms with Gasteiger partial charge in [0.1, 0.15) is 17.6 Å².